The van der Waals surface area contributed by atoms with Gasteiger partial charge in [-0.05, 0) is 98.8 Å². The molecular weight excluding hydrogens is 352 g/mol. The first-order chi connectivity index (χ1) is 13.4. The zero-order valence-corrected chi connectivity index (χ0v) is 16.8. The number of carbonyl (C=O) groups is 1. The average Bonchev–Trinajstić information content (AvgIpc) is 2.59. The van der Waals surface area contributed by atoms with Gasteiger partial charge < -0.3 is 9.15 Å². The number of carbonyl (C=O) groups excluding carboxylic acids is 1. The van der Waals surface area contributed by atoms with Crippen LogP contribution < -0.4 is 5.63 Å². The van der Waals surface area contributed by atoms with E-state index in [1.165, 1.54) is 44.6 Å². The van der Waals surface area contributed by atoms with Crippen LogP contribution in [0.4, 0.5) is 0 Å². The number of ether oxygens (including phenoxy) is 1. The molecule has 0 unspecified atom stereocenters. The molecule has 0 spiro atoms. The maximum absolute atomic E-state index is 12.7. The first-order valence-electron chi connectivity index (χ1n) is 10.6. The van der Waals surface area contributed by atoms with Gasteiger partial charge >= 0.3 is 11.6 Å². The highest BCUT2D eigenvalue weighted by molar-refractivity contribution is 5.82. The summed E-state index contributed by atoms with van der Waals surface area (Å²) in [7, 11) is 0. The third-order valence-electron chi connectivity index (χ3n) is 7.52. The Balaban J connectivity index is 1.32. The molecule has 2 aromatic rings. The SMILES string of the molecule is Cc1cc2oc(=O)cc(COC(=O)CC34CC5CC(CC(C5)C3)C4)c2cc1C. The molecule has 4 aliphatic rings. The zero-order valence-electron chi connectivity index (χ0n) is 16.8. The van der Waals surface area contributed by atoms with Crippen molar-refractivity contribution in [1.29, 1.82) is 0 Å². The summed E-state index contributed by atoms with van der Waals surface area (Å²) in [5.41, 5.74) is 3.27. The summed E-state index contributed by atoms with van der Waals surface area (Å²) in [6.45, 7) is 4.16. The monoisotopic (exact) mass is 380 g/mol. The summed E-state index contributed by atoms with van der Waals surface area (Å²) in [6, 6.07) is 5.35. The number of hydrogen-bond donors (Lipinski definition) is 0. The fourth-order valence-corrected chi connectivity index (χ4v) is 6.62. The summed E-state index contributed by atoms with van der Waals surface area (Å²) >= 11 is 0. The third-order valence-corrected chi connectivity index (χ3v) is 7.52. The number of aryl methyl sites for hydroxylation is 2. The molecule has 0 saturated heterocycles. The predicted octanol–water partition coefficient (Wildman–Crippen LogP) is 5.06. The van der Waals surface area contributed by atoms with Gasteiger partial charge in [0.1, 0.15) is 12.2 Å². The van der Waals surface area contributed by atoms with E-state index in [9.17, 15) is 9.59 Å². The zero-order chi connectivity index (χ0) is 19.5. The number of esters is 1. The van der Waals surface area contributed by atoms with Crippen LogP contribution in [0.25, 0.3) is 11.0 Å². The fraction of sp³-hybridized carbons (Fsp3) is 0.583. The Morgan fingerprint density at radius 1 is 1.04 bits per heavy atom. The third kappa shape index (κ3) is 3.17. The normalized spacial score (nSPS) is 30.7. The molecule has 28 heavy (non-hydrogen) atoms. The first-order valence-corrected chi connectivity index (χ1v) is 10.6. The van der Waals surface area contributed by atoms with Crippen LogP contribution in [-0.4, -0.2) is 5.97 Å². The molecule has 4 aliphatic carbocycles. The van der Waals surface area contributed by atoms with Crippen LogP contribution in [0.3, 0.4) is 0 Å². The minimum atomic E-state index is -0.400. The van der Waals surface area contributed by atoms with Gasteiger partial charge in [0.2, 0.25) is 0 Å². The highest BCUT2D eigenvalue weighted by Gasteiger charge is 2.51. The molecule has 4 heteroatoms. The van der Waals surface area contributed by atoms with Gasteiger partial charge in [-0.2, -0.15) is 0 Å². The summed E-state index contributed by atoms with van der Waals surface area (Å²) in [6.07, 6.45) is 8.25. The molecule has 148 valence electrons. The maximum atomic E-state index is 12.7. The Bertz CT molecular complexity index is 964. The van der Waals surface area contributed by atoms with Crippen LogP contribution in [-0.2, 0) is 16.1 Å². The summed E-state index contributed by atoms with van der Waals surface area (Å²) < 4.78 is 11.0. The van der Waals surface area contributed by atoms with E-state index in [1.807, 2.05) is 26.0 Å². The van der Waals surface area contributed by atoms with Crippen LogP contribution in [0.2, 0.25) is 0 Å². The van der Waals surface area contributed by atoms with Crippen molar-refractivity contribution in [2.45, 2.75) is 65.4 Å². The Hall–Kier alpha value is -2.10. The second-order valence-electron chi connectivity index (χ2n) is 9.78. The van der Waals surface area contributed by atoms with Crippen LogP contribution in [0.5, 0.6) is 0 Å². The van der Waals surface area contributed by atoms with E-state index in [0.29, 0.717) is 12.0 Å². The van der Waals surface area contributed by atoms with E-state index in [0.717, 1.165) is 39.8 Å². The second kappa shape index (κ2) is 6.47. The Morgan fingerprint density at radius 2 is 1.64 bits per heavy atom. The molecule has 0 radical (unpaired) electrons. The molecule has 0 atom stereocenters. The van der Waals surface area contributed by atoms with Crippen molar-refractivity contribution in [2.24, 2.45) is 23.2 Å². The minimum Gasteiger partial charge on any atom is -0.461 e. The fourth-order valence-electron chi connectivity index (χ4n) is 6.62. The van der Waals surface area contributed by atoms with E-state index in [1.54, 1.807) is 0 Å². The first kappa shape index (κ1) is 18.0. The Labute approximate surface area is 165 Å². The largest absolute Gasteiger partial charge is 0.461 e. The van der Waals surface area contributed by atoms with Crippen molar-refractivity contribution in [3.05, 3.63) is 45.3 Å². The molecular formula is C24H28O4. The highest BCUT2D eigenvalue weighted by atomic mass is 16.5. The van der Waals surface area contributed by atoms with E-state index in [-0.39, 0.29) is 18.0 Å². The van der Waals surface area contributed by atoms with Crippen molar-refractivity contribution >= 4 is 16.9 Å². The second-order valence-corrected chi connectivity index (χ2v) is 9.78. The van der Waals surface area contributed by atoms with Crippen molar-refractivity contribution in [3.63, 3.8) is 0 Å². The van der Waals surface area contributed by atoms with E-state index >= 15 is 0 Å². The van der Waals surface area contributed by atoms with Gasteiger partial charge in [-0.3, -0.25) is 4.79 Å². The van der Waals surface area contributed by atoms with E-state index < -0.39 is 5.63 Å². The Morgan fingerprint density at radius 3 is 2.29 bits per heavy atom. The molecule has 1 aromatic carbocycles. The molecule has 4 fully saturated rings. The van der Waals surface area contributed by atoms with Crippen molar-refractivity contribution in [1.82, 2.24) is 0 Å². The number of fused-ring (bicyclic) bond motifs is 1. The lowest BCUT2D eigenvalue weighted by Gasteiger charge is -2.56. The quantitative estimate of drug-likeness (QED) is 0.549. The summed E-state index contributed by atoms with van der Waals surface area (Å²) in [5.74, 6) is 2.36. The molecule has 6 rings (SSSR count). The standard InChI is InChI=1S/C24H28O4/c1-14-3-20-19(8-22(25)28-21(20)4-15(14)2)13-27-23(26)12-24-9-16-5-17(10-24)7-18(6-16)11-24/h3-4,8,16-18H,5-7,9-13H2,1-2H3. The minimum absolute atomic E-state index is 0.118. The van der Waals surface area contributed by atoms with E-state index in [2.05, 4.69) is 0 Å². The molecule has 4 saturated carbocycles. The van der Waals surface area contributed by atoms with Crippen LogP contribution in [0.1, 0.15) is 61.6 Å². The van der Waals surface area contributed by atoms with Gasteiger partial charge in [0.15, 0.2) is 0 Å². The number of rotatable bonds is 4. The molecule has 0 N–H and O–H groups in total. The lowest BCUT2D eigenvalue weighted by Crippen LogP contribution is -2.47. The molecule has 1 aromatic heterocycles. The molecule has 4 nitrogen and oxygen atoms in total. The highest BCUT2D eigenvalue weighted by Crippen LogP contribution is 2.61. The maximum Gasteiger partial charge on any atom is 0.336 e. The average molecular weight is 380 g/mol. The lowest BCUT2D eigenvalue weighted by atomic mass is 9.49. The van der Waals surface area contributed by atoms with Gasteiger partial charge in [-0.1, -0.05) is 0 Å². The smallest absolute Gasteiger partial charge is 0.336 e. The topological polar surface area (TPSA) is 56.5 Å². The predicted molar refractivity (Wildman–Crippen MR) is 107 cm³/mol. The van der Waals surface area contributed by atoms with E-state index in [4.69, 9.17) is 9.15 Å². The van der Waals surface area contributed by atoms with Crippen LogP contribution in [0, 0.1) is 37.0 Å². The molecule has 0 aliphatic heterocycles. The molecule has 4 bridgehead atoms. The van der Waals surface area contributed by atoms with Gasteiger partial charge in [0, 0.05) is 17.0 Å². The van der Waals surface area contributed by atoms with Gasteiger partial charge in [-0.25, -0.2) is 4.79 Å². The Kier molecular flexibility index (Phi) is 4.15. The van der Waals surface area contributed by atoms with Crippen LogP contribution >= 0.6 is 0 Å². The molecule has 1 heterocycles. The van der Waals surface area contributed by atoms with Gasteiger partial charge in [-0.15, -0.1) is 0 Å². The van der Waals surface area contributed by atoms with Gasteiger partial charge in [0.25, 0.3) is 0 Å². The van der Waals surface area contributed by atoms with Crippen molar-refractivity contribution < 1.29 is 13.9 Å². The number of hydrogen-bond acceptors (Lipinski definition) is 4. The number of benzene rings is 1. The van der Waals surface area contributed by atoms with Crippen molar-refractivity contribution in [3.8, 4) is 0 Å². The lowest BCUT2D eigenvalue weighted by molar-refractivity contribution is -0.153. The van der Waals surface area contributed by atoms with Crippen molar-refractivity contribution in [2.75, 3.05) is 0 Å². The van der Waals surface area contributed by atoms with Gasteiger partial charge in [0.05, 0.1) is 6.42 Å². The summed E-state index contributed by atoms with van der Waals surface area (Å²) in [5, 5.41) is 0.852. The molecule has 0 amide bonds. The van der Waals surface area contributed by atoms with Crippen LogP contribution in [0.15, 0.2) is 27.4 Å². The summed E-state index contributed by atoms with van der Waals surface area (Å²) in [4.78, 5) is 24.7.